The number of fused-ring (bicyclic) bond motifs is 1. The summed E-state index contributed by atoms with van der Waals surface area (Å²) in [6.07, 6.45) is 4.42. The zero-order valence-electron chi connectivity index (χ0n) is 28.0. The van der Waals surface area contributed by atoms with Crippen LogP contribution in [-0.4, -0.2) is 96.8 Å². The quantitative estimate of drug-likeness (QED) is 0.269. The highest BCUT2D eigenvalue weighted by Crippen LogP contribution is 2.39. The number of likely N-dealkylation sites (tertiary alicyclic amines) is 1. The summed E-state index contributed by atoms with van der Waals surface area (Å²) in [5.74, 6) is 0.0542. The first-order chi connectivity index (χ1) is 20.9. The molecule has 6 atom stereocenters. The molecular weight excluding hydrogens is 596 g/mol. The lowest BCUT2D eigenvalue weighted by molar-refractivity contribution is -0.133. The summed E-state index contributed by atoms with van der Waals surface area (Å²) >= 11 is 0. The number of carbonyl (C=O) groups is 3. The van der Waals surface area contributed by atoms with Crippen LogP contribution in [0.15, 0.2) is 30.3 Å². The Hall–Kier alpha value is -2.70. The molecule has 1 aliphatic heterocycles. The number of piperidine rings is 1. The molecule has 0 unspecified atom stereocenters. The molecule has 3 amide bonds. The Labute approximate surface area is 269 Å². The van der Waals surface area contributed by atoms with Crippen LogP contribution in [0.1, 0.15) is 79.2 Å². The summed E-state index contributed by atoms with van der Waals surface area (Å²) in [5.41, 5.74) is 0.439. The van der Waals surface area contributed by atoms with Crippen LogP contribution in [0, 0.1) is 11.8 Å². The fourth-order valence-corrected chi connectivity index (χ4v) is 7.07. The molecule has 0 bridgehead atoms. The van der Waals surface area contributed by atoms with Crippen molar-refractivity contribution in [2.75, 3.05) is 26.0 Å². The average molecular weight is 651 g/mol. The minimum Gasteiger partial charge on any atom is -0.450 e. The Bertz CT molecular complexity index is 1270. The van der Waals surface area contributed by atoms with Crippen molar-refractivity contribution in [3.63, 3.8) is 0 Å². The van der Waals surface area contributed by atoms with E-state index in [9.17, 15) is 27.9 Å². The number of benzene rings is 1. The minimum atomic E-state index is -3.83. The Morgan fingerprint density at radius 3 is 2.22 bits per heavy atom. The van der Waals surface area contributed by atoms with Crippen LogP contribution in [0.3, 0.4) is 0 Å². The fraction of sp³-hybridized carbons (Fsp3) is 0.727. The number of hydrogen-bond donors (Lipinski definition) is 4. The lowest BCUT2D eigenvalue weighted by atomic mass is 9.72. The van der Waals surface area contributed by atoms with E-state index in [1.54, 1.807) is 6.92 Å². The van der Waals surface area contributed by atoms with Crippen molar-refractivity contribution in [3.05, 3.63) is 35.9 Å². The van der Waals surface area contributed by atoms with E-state index in [1.807, 2.05) is 51.1 Å². The Morgan fingerprint density at radius 2 is 1.64 bits per heavy atom. The second kappa shape index (κ2) is 15.3. The molecule has 4 N–H and O–H groups in total. The van der Waals surface area contributed by atoms with E-state index in [4.69, 9.17) is 4.74 Å². The van der Waals surface area contributed by atoms with E-state index >= 15 is 0 Å². The smallest absolute Gasteiger partial charge is 0.407 e. The molecule has 2 aliphatic rings. The molecule has 45 heavy (non-hydrogen) atoms. The number of hydrogen-bond acceptors (Lipinski definition) is 8. The van der Waals surface area contributed by atoms with E-state index in [0.29, 0.717) is 24.8 Å². The van der Waals surface area contributed by atoms with Crippen LogP contribution in [0.25, 0.3) is 0 Å². The number of sulfone groups is 1. The highest BCUT2D eigenvalue weighted by atomic mass is 32.2. The Kier molecular flexibility index (Phi) is 12.5. The van der Waals surface area contributed by atoms with Crippen LogP contribution in [0.4, 0.5) is 4.79 Å². The normalized spacial score (nSPS) is 23.2. The predicted molar refractivity (Wildman–Crippen MR) is 174 cm³/mol. The number of aliphatic hydroxyl groups is 1. The lowest BCUT2D eigenvalue weighted by Crippen LogP contribution is -2.64. The predicted octanol–water partition coefficient (Wildman–Crippen LogP) is 2.81. The van der Waals surface area contributed by atoms with Crippen molar-refractivity contribution in [1.29, 1.82) is 0 Å². The van der Waals surface area contributed by atoms with Crippen molar-refractivity contribution < 1.29 is 32.6 Å². The molecule has 1 saturated carbocycles. The fourth-order valence-electron chi connectivity index (χ4n) is 6.47. The van der Waals surface area contributed by atoms with Crippen LogP contribution < -0.4 is 16.0 Å². The zero-order valence-corrected chi connectivity index (χ0v) is 28.8. The minimum absolute atomic E-state index is 0.0382. The summed E-state index contributed by atoms with van der Waals surface area (Å²) in [5, 5.41) is 20.2. The first-order valence-corrected chi connectivity index (χ1v) is 18.0. The van der Waals surface area contributed by atoms with Gasteiger partial charge < -0.3 is 25.8 Å². The van der Waals surface area contributed by atoms with Gasteiger partial charge in [0.25, 0.3) is 0 Å². The summed E-state index contributed by atoms with van der Waals surface area (Å²) in [6, 6.07) is 6.58. The molecule has 11 nitrogen and oxygen atoms in total. The second-order valence-corrected chi connectivity index (χ2v) is 16.9. The van der Waals surface area contributed by atoms with Gasteiger partial charge in [-0.05, 0) is 78.2 Å². The molecule has 3 rings (SSSR count). The number of rotatable bonds is 12. The van der Waals surface area contributed by atoms with Crippen molar-refractivity contribution in [2.24, 2.45) is 11.8 Å². The number of aliphatic hydroxyl groups excluding tert-OH is 1. The van der Waals surface area contributed by atoms with Gasteiger partial charge in [-0.15, -0.1) is 0 Å². The molecule has 1 aliphatic carbocycles. The van der Waals surface area contributed by atoms with Crippen molar-refractivity contribution in [2.45, 2.75) is 115 Å². The molecule has 254 valence electrons. The molecule has 2 fully saturated rings. The van der Waals surface area contributed by atoms with Gasteiger partial charge in [0.05, 0.1) is 29.5 Å². The van der Waals surface area contributed by atoms with Crippen LogP contribution in [-0.2, 0) is 30.6 Å². The van der Waals surface area contributed by atoms with E-state index in [0.717, 1.165) is 37.5 Å². The van der Waals surface area contributed by atoms with E-state index in [2.05, 4.69) is 20.9 Å². The maximum absolute atomic E-state index is 13.9. The number of nitrogens with one attached hydrogen (secondary N) is 3. The van der Waals surface area contributed by atoms with Gasteiger partial charge in [-0.2, -0.15) is 0 Å². The van der Waals surface area contributed by atoms with Gasteiger partial charge >= 0.3 is 6.09 Å². The summed E-state index contributed by atoms with van der Waals surface area (Å²) < 4.78 is 28.8. The van der Waals surface area contributed by atoms with Crippen molar-refractivity contribution >= 4 is 27.7 Å². The molecule has 0 aromatic heterocycles. The van der Waals surface area contributed by atoms with Gasteiger partial charge in [0, 0.05) is 24.9 Å². The summed E-state index contributed by atoms with van der Waals surface area (Å²) in [7, 11) is -3.83. The third kappa shape index (κ3) is 10.1. The van der Waals surface area contributed by atoms with Crippen LogP contribution >= 0.6 is 0 Å². The van der Waals surface area contributed by atoms with Gasteiger partial charge in [0.15, 0.2) is 9.84 Å². The number of nitrogens with zero attached hydrogens (tertiary/aromatic N) is 1. The first kappa shape index (κ1) is 36.8. The van der Waals surface area contributed by atoms with E-state index in [1.165, 1.54) is 13.8 Å². The van der Waals surface area contributed by atoms with Crippen molar-refractivity contribution in [1.82, 2.24) is 20.9 Å². The van der Waals surface area contributed by atoms with Gasteiger partial charge in [0.1, 0.15) is 6.04 Å². The SMILES string of the molecule is CCOC(=O)N[C@H](C(=O)N[C@@H](Cc1ccccc1)[C@H](O)CN1C[C@H]2CCCC[C@H]2C[C@H]1C(=O)NC(C)(C)C)C(C)(C)S(C)(=O)=O. The van der Waals surface area contributed by atoms with E-state index in [-0.39, 0.29) is 25.5 Å². The van der Waals surface area contributed by atoms with Crippen LogP contribution in [0.2, 0.25) is 0 Å². The maximum Gasteiger partial charge on any atom is 0.407 e. The molecule has 1 saturated heterocycles. The molecule has 0 spiro atoms. The molecular formula is C33H54N4O7S. The molecule has 1 aromatic rings. The van der Waals surface area contributed by atoms with E-state index < -0.39 is 56.4 Å². The zero-order chi connectivity index (χ0) is 33.6. The maximum atomic E-state index is 13.9. The lowest BCUT2D eigenvalue weighted by Gasteiger charge is -2.47. The first-order valence-electron chi connectivity index (χ1n) is 16.1. The highest BCUT2D eigenvalue weighted by molar-refractivity contribution is 7.92. The highest BCUT2D eigenvalue weighted by Gasteiger charge is 2.46. The Morgan fingerprint density at radius 1 is 1.02 bits per heavy atom. The number of alkyl carbamates (subject to hydrolysis) is 1. The van der Waals surface area contributed by atoms with Crippen molar-refractivity contribution in [3.8, 4) is 0 Å². The third-order valence-corrected chi connectivity index (χ3v) is 11.4. The second-order valence-electron chi connectivity index (χ2n) is 14.3. The number of ether oxygens (including phenoxy) is 1. The number of β-amino-alcohol motifs (C(OH)–C–C–N with tert-alkyl or cyclic N) is 1. The molecule has 1 aromatic carbocycles. The van der Waals surface area contributed by atoms with Gasteiger partial charge in [0.2, 0.25) is 11.8 Å². The van der Waals surface area contributed by atoms with Gasteiger partial charge in [-0.1, -0.05) is 49.6 Å². The molecule has 1 heterocycles. The Balaban J connectivity index is 1.91. The standard InChI is InChI=1S/C33H54N4O7S/c1-8-44-31(41)35-28(33(5,6)45(7,42)43)30(40)34-25(18-22-14-10-9-11-15-22)27(38)21-37-20-24-17-13-12-16-23(24)19-26(37)29(39)36-32(2,3)4/h9-11,14-15,23-28,38H,8,12-13,16-21H2,1-7H3,(H,34,40)(H,35,41)(H,36,39)/t23-,24+,25-,26-,27+,28+/m0/s1. The average Bonchev–Trinajstić information content (AvgIpc) is 2.94. The third-order valence-electron chi connectivity index (χ3n) is 9.27. The summed E-state index contributed by atoms with van der Waals surface area (Å²) in [6.45, 7) is 11.0. The monoisotopic (exact) mass is 650 g/mol. The number of amides is 3. The molecule has 0 radical (unpaired) electrons. The van der Waals surface area contributed by atoms with Gasteiger partial charge in [-0.3, -0.25) is 14.5 Å². The topological polar surface area (TPSA) is 154 Å². The molecule has 12 heteroatoms. The largest absolute Gasteiger partial charge is 0.450 e. The summed E-state index contributed by atoms with van der Waals surface area (Å²) in [4.78, 5) is 41.9. The number of carbonyl (C=O) groups excluding carboxylic acids is 3. The van der Waals surface area contributed by atoms with Gasteiger partial charge in [-0.25, -0.2) is 13.2 Å². The van der Waals surface area contributed by atoms with Crippen LogP contribution in [0.5, 0.6) is 0 Å².